The van der Waals surface area contributed by atoms with Crippen LogP contribution in [-0.4, -0.2) is 22.7 Å². The van der Waals surface area contributed by atoms with E-state index in [0.717, 1.165) is 34.3 Å². The van der Waals surface area contributed by atoms with Gasteiger partial charge >= 0.3 is 0 Å². The molecule has 2 N–H and O–H groups in total. The molecule has 5 heteroatoms. The zero-order valence-corrected chi connectivity index (χ0v) is 12.6. The standard InChI is InChI=1S/C14H18BrN3O/c1-11-8-13(15)9-12(2-3-16)14(11)19-7-6-18-5-4-17-10-18/h4-5,8-10H,2-3,6-7,16H2,1H3. The van der Waals surface area contributed by atoms with Gasteiger partial charge in [-0.3, -0.25) is 0 Å². The molecule has 19 heavy (non-hydrogen) atoms. The number of benzene rings is 1. The molecule has 0 spiro atoms. The summed E-state index contributed by atoms with van der Waals surface area (Å²) in [6, 6.07) is 4.14. The highest BCUT2D eigenvalue weighted by atomic mass is 79.9. The Morgan fingerprint density at radius 1 is 1.42 bits per heavy atom. The first-order valence-corrected chi connectivity index (χ1v) is 7.07. The fourth-order valence-electron chi connectivity index (χ4n) is 2.02. The van der Waals surface area contributed by atoms with Crippen molar-refractivity contribution in [3.8, 4) is 5.75 Å². The van der Waals surface area contributed by atoms with Gasteiger partial charge in [-0.2, -0.15) is 0 Å². The molecule has 2 aromatic rings. The smallest absolute Gasteiger partial charge is 0.125 e. The predicted molar refractivity (Wildman–Crippen MR) is 79.4 cm³/mol. The summed E-state index contributed by atoms with van der Waals surface area (Å²) in [5.74, 6) is 0.953. The van der Waals surface area contributed by atoms with E-state index in [2.05, 4.69) is 40.0 Å². The number of aromatic nitrogens is 2. The van der Waals surface area contributed by atoms with E-state index in [-0.39, 0.29) is 0 Å². The monoisotopic (exact) mass is 323 g/mol. The molecule has 0 aliphatic rings. The average molecular weight is 324 g/mol. The Kier molecular flexibility index (Phi) is 4.99. The Bertz CT molecular complexity index is 526. The van der Waals surface area contributed by atoms with Crippen LogP contribution in [0.1, 0.15) is 11.1 Å². The van der Waals surface area contributed by atoms with Gasteiger partial charge in [-0.05, 0) is 43.1 Å². The van der Waals surface area contributed by atoms with Gasteiger partial charge in [0.2, 0.25) is 0 Å². The van der Waals surface area contributed by atoms with E-state index in [4.69, 9.17) is 10.5 Å². The van der Waals surface area contributed by atoms with Crippen LogP contribution < -0.4 is 10.5 Å². The van der Waals surface area contributed by atoms with Crippen LogP contribution in [0.25, 0.3) is 0 Å². The Balaban J connectivity index is 2.05. The van der Waals surface area contributed by atoms with E-state index in [0.29, 0.717) is 13.2 Å². The molecule has 0 amide bonds. The van der Waals surface area contributed by atoms with Crippen LogP contribution in [0.5, 0.6) is 5.75 Å². The lowest BCUT2D eigenvalue weighted by Gasteiger charge is -2.15. The molecule has 0 saturated heterocycles. The lowest BCUT2D eigenvalue weighted by Crippen LogP contribution is -2.10. The molecular formula is C14H18BrN3O. The molecule has 0 unspecified atom stereocenters. The fraction of sp³-hybridized carbons (Fsp3) is 0.357. The van der Waals surface area contributed by atoms with Gasteiger partial charge in [0.1, 0.15) is 12.4 Å². The molecule has 0 atom stereocenters. The van der Waals surface area contributed by atoms with Gasteiger partial charge in [0.05, 0.1) is 12.9 Å². The third-order valence-electron chi connectivity index (χ3n) is 2.89. The summed E-state index contributed by atoms with van der Waals surface area (Å²) in [6.07, 6.45) is 6.31. The highest BCUT2D eigenvalue weighted by molar-refractivity contribution is 9.10. The molecule has 0 fully saturated rings. The lowest BCUT2D eigenvalue weighted by atomic mass is 10.1. The van der Waals surface area contributed by atoms with Crippen molar-refractivity contribution < 1.29 is 4.74 Å². The zero-order valence-electron chi connectivity index (χ0n) is 11.0. The van der Waals surface area contributed by atoms with E-state index in [9.17, 15) is 0 Å². The largest absolute Gasteiger partial charge is 0.491 e. The summed E-state index contributed by atoms with van der Waals surface area (Å²) in [6.45, 7) is 4.08. The summed E-state index contributed by atoms with van der Waals surface area (Å²) < 4.78 is 8.99. The van der Waals surface area contributed by atoms with Gasteiger partial charge in [0.25, 0.3) is 0 Å². The maximum atomic E-state index is 5.92. The van der Waals surface area contributed by atoms with E-state index in [1.165, 1.54) is 0 Å². The first-order valence-electron chi connectivity index (χ1n) is 6.28. The molecule has 4 nitrogen and oxygen atoms in total. The molecule has 1 aromatic carbocycles. The Hall–Kier alpha value is -1.33. The third-order valence-corrected chi connectivity index (χ3v) is 3.34. The fourth-order valence-corrected chi connectivity index (χ4v) is 2.64. The number of aryl methyl sites for hydroxylation is 1. The summed E-state index contributed by atoms with van der Waals surface area (Å²) in [4.78, 5) is 4.01. The number of rotatable bonds is 6. The van der Waals surface area contributed by atoms with Crippen LogP contribution in [0.3, 0.4) is 0 Å². The molecule has 0 radical (unpaired) electrons. The number of imidazole rings is 1. The summed E-state index contributed by atoms with van der Waals surface area (Å²) >= 11 is 3.51. The number of hydrogen-bond acceptors (Lipinski definition) is 3. The minimum atomic E-state index is 0.619. The normalized spacial score (nSPS) is 10.7. The lowest BCUT2D eigenvalue weighted by molar-refractivity contribution is 0.293. The number of nitrogens with two attached hydrogens (primary N) is 1. The maximum absolute atomic E-state index is 5.92. The average Bonchev–Trinajstić information content (AvgIpc) is 2.86. The first-order chi connectivity index (χ1) is 9.20. The van der Waals surface area contributed by atoms with Crippen molar-refractivity contribution in [2.24, 2.45) is 5.73 Å². The molecule has 1 heterocycles. The van der Waals surface area contributed by atoms with Crippen molar-refractivity contribution in [2.45, 2.75) is 19.9 Å². The van der Waals surface area contributed by atoms with Crippen LogP contribution in [-0.2, 0) is 13.0 Å². The molecule has 1 aromatic heterocycles. The van der Waals surface area contributed by atoms with Crippen molar-refractivity contribution in [2.75, 3.05) is 13.2 Å². The van der Waals surface area contributed by atoms with Crippen molar-refractivity contribution in [3.05, 3.63) is 46.5 Å². The zero-order chi connectivity index (χ0) is 13.7. The van der Waals surface area contributed by atoms with Gasteiger partial charge < -0.3 is 15.0 Å². The van der Waals surface area contributed by atoms with Crippen LogP contribution in [0.15, 0.2) is 35.3 Å². The molecule has 0 aliphatic carbocycles. The van der Waals surface area contributed by atoms with E-state index in [1.807, 2.05) is 10.8 Å². The summed E-state index contributed by atoms with van der Waals surface area (Å²) in [5.41, 5.74) is 7.93. The Labute approximate surface area is 121 Å². The van der Waals surface area contributed by atoms with Gasteiger partial charge in [-0.1, -0.05) is 15.9 Å². The Morgan fingerprint density at radius 3 is 2.95 bits per heavy atom. The summed E-state index contributed by atoms with van der Waals surface area (Å²) in [7, 11) is 0. The first kappa shape index (κ1) is 14.1. The minimum Gasteiger partial charge on any atom is -0.491 e. The molecule has 0 bridgehead atoms. The van der Waals surface area contributed by atoms with Crippen LogP contribution >= 0.6 is 15.9 Å². The van der Waals surface area contributed by atoms with Gasteiger partial charge in [0.15, 0.2) is 0 Å². The molecule has 0 aliphatic heterocycles. The number of ether oxygens (including phenoxy) is 1. The van der Waals surface area contributed by atoms with Crippen molar-refractivity contribution in [1.29, 1.82) is 0 Å². The third kappa shape index (κ3) is 3.81. The minimum absolute atomic E-state index is 0.619. The molecule has 2 rings (SSSR count). The van der Waals surface area contributed by atoms with Crippen molar-refractivity contribution >= 4 is 15.9 Å². The predicted octanol–water partition coefficient (Wildman–Crippen LogP) is 2.53. The van der Waals surface area contributed by atoms with E-state index < -0.39 is 0 Å². The van der Waals surface area contributed by atoms with Gasteiger partial charge in [0, 0.05) is 16.9 Å². The van der Waals surface area contributed by atoms with Gasteiger partial charge in [-0.25, -0.2) is 4.98 Å². The second-order valence-corrected chi connectivity index (χ2v) is 5.31. The second-order valence-electron chi connectivity index (χ2n) is 4.40. The maximum Gasteiger partial charge on any atom is 0.125 e. The summed E-state index contributed by atoms with van der Waals surface area (Å²) in [5, 5.41) is 0. The van der Waals surface area contributed by atoms with Crippen molar-refractivity contribution in [1.82, 2.24) is 9.55 Å². The highest BCUT2D eigenvalue weighted by Gasteiger charge is 2.08. The molecule has 0 saturated carbocycles. The van der Waals surface area contributed by atoms with Gasteiger partial charge in [-0.15, -0.1) is 0 Å². The van der Waals surface area contributed by atoms with E-state index in [1.54, 1.807) is 12.5 Å². The van der Waals surface area contributed by atoms with Crippen LogP contribution in [0.4, 0.5) is 0 Å². The van der Waals surface area contributed by atoms with E-state index >= 15 is 0 Å². The van der Waals surface area contributed by atoms with Crippen LogP contribution in [0, 0.1) is 6.92 Å². The molecule has 102 valence electrons. The van der Waals surface area contributed by atoms with Crippen molar-refractivity contribution in [3.63, 3.8) is 0 Å². The topological polar surface area (TPSA) is 53.1 Å². The van der Waals surface area contributed by atoms with Crippen LogP contribution in [0.2, 0.25) is 0 Å². The SMILES string of the molecule is Cc1cc(Br)cc(CCN)c1OCCn1ccnc1. The second kappa shape index (κ2) is 6.73. The quantitative estimate of drug-likeness (QED) is 0.888. The number of nitrogens with zero attached hydrogens (tertiary/aromatic N) is 2. The number of halogens is 1. The Morgan fingerprint density at radius 2 is 2.26 bits per heavy atom. The number of hydrogen-bond donors (Lipinski definition) is 1. The highest BCUT2D eigenvalue weighted by Crippen LogP contribution is 2.28. The molecular weight excluding hydrogens is 306 g/mol.